The largest absolute Gasteiger partial charge is 0.240 e. The molecule has 0 spiro atoms. The number of thiazole rings is 1. The standard InChI is InChI=1S/C15H16N2S/c1-3-5-13-14(10-16)18-15(17-13)12-8-6-11(4-2)7-9-12/h6-9H,3-5H2,1-2H3. The van der Waals surface area contributed by atoms with E-state index in [2.05, 4.69) is 49.2 Å². The zero-order valence-corrected chi connectivity index (χ0v) is 11.5. The van der Waals surface area contributed by atoms with Crippen LogP contribution in [0.2, 0.25) is 0 Å². The number of nitriles is 1. The van der Waals surface area contributed by atoms with Gasteiger partial charge in [0.25, 0.3) is 0 Å². The summed E-state index contributed by atoms with van der Waals surface area (Å²) in [6.07, 6.45) is 2.95. The maximum atomic E-state index is 9.11. The molecule has 0 aliphatic carbocycles. The van der Waals surface area contributed by atoms with Crippen molar-refractivity contribution < 1.29 is 0 Å². The van der Waals surface area contributed by atoms with E-state index in [1.165, 1.54) is 16.9 Å². The summed E-state index contributed by atoms with van der Waals surface area (Å²) < 4.78 is 0. The van der Waals surface area contributed by atoms with Gasteiger partial charge in [0.15, 0.2) is 0 Å². The summed E-state index contributed by atoms with van der Waals surface area (Å²) in [5.41, 5.74) is 3.38. The van der Waals surface area contributed by atoms with Crippen molar-refractivity contribution in [3.8, 4) is 16.6 Å². The molecule has 0 radical (unpaired) electrons. The van der Waals surface area contributed by atoms with Crippen LogP contribution in [-0.4, -0.2) is 4.98 Å². The van der Waals surface area contributed by atoms with E-state index in [4.69, 9.17) is 5.26 Å². The van der Waals surface area contributed by atoms with Crippen molar-refractivity contribution in [2.24, 2.45) is 0 Å². The lowest BCUT2D eigenvalue weighted by Gasteiger charge is -1.98. The highest BCUT2D eigenvalue weighted by atomic mass is 32.1. The molecule has 0 N–H and O–H groups in total. The van der Waals surface area contributed by atoms with E-state index in [-0.39, 0.29) is 0 Å². The van der Waals surface area contributed by atoms with Crippen molar-refractivity contribution in [2.45, 2.75) is 33.1 Å². The molecule has 18 heavy (non-hydrogen) atoms. The summed E-state index contributed by atoms with van der Waals surface area (Å²) in [6, 6.07) is 10.7. The summed E-state index contributed by atoms with van der Waals surface area (Å²) in [6.45, 7) is 4.25. The normalized spacial score (nSPS) is 10.3. The molecule has 0 aliphatic heterocycles. The molecule has 2 nitrogen and oxygen atoms in total. The van der Waals surface area contributed by atoms with Crippen LogP contribution < -0.4 is 0 Å². The van der Waals surface area contributed by atoms with Gasteiger partial charge >= 0.3 is 0 Å². The molecular weight excluding hydrogens is 240 g/mol. The summed E-state index contributed by atoms with van der Waals surface area (Å²) >= 11 is 1.49. The van der Waals surface area contributed by atoms with Crippen molar-refractivity contribution >= 4 is 11.3 Å². The lowest BCUT2D eigenvalue weighted by atomic mass is 10.1. The quantitative estimate of drug-likeness (QED) is 0.822. The van der Waals surface area contributed by atoms with E-state index in [0.29, 0.717) is 0 Å². The molecule has 1 aromatic carbocycles. The molecule has 1 aromatic heterocycles. The molecule has 2 rings (SSSR count). The molecular formula is C15H16N2S. The lowest BCUT2D eigenvalue weighted by molar-refractivity contribution is 0.890. The highest BCUT2D eigenvalue weighted by molar-refractivity contribution is 7.15. The highest BCUT2D eigenvalue weighted by Gasteiger charge is 2.11. The molecule has 0 atom stereocenters. The topological polar surface area (TPSA) is 36.7 Å². The summed E-state index contributed by atoms with van der Waals surface area (Å²) in [4.78, 5) is 5.35. The Hall–Kier alpha value is -1.66. The smallest absolute Gasteiger partial charge is 0.128 e. The second kappa shape index (κ2) is 5.79. The first kappa shape index (κ1) is 12.8. The fourth-order valence-electron chi connectivity index (χ4n) is 1.85. The molecule has 2 aromatic rings. The van der Waals surface area contributed by atoms with Gasteiger partial charge in [-0.05, 0) is 18.4 Å². The number of aryl methyl sites for hydroxylation is 2. The predicted octanol–water partition coefficient (Wildman–Crippen LogP) is 4.20. The Bertz CT molecular complexity index is 561. The number of benzene rings is 1. The van der Waals surface area contributed by atoms with Gasteiger partial charge in [-0.3, -0.25) is 0 Å². The van der Waals surface area contributed by atoms with Gasteiger partial charge in [-0.1, -0.05) is 44.5 Å². The van der Waals surface area contributed by atoms with E-state index in [0.717, 1.165) is 40.4 Å². The summed E-state index contributed by atoms with van der Waals surface area (Å²) in [5, 5.41) is 10.1. The maximum absolute atomic E-state index is 9.11. The van der Waals surface area contributed by atoms with Crippen LogP contribution in [0.25, 0.3) is 10.6 Å². The fourth-order valence-corrected chi connectivity index (χ4v) is 2.77. The van der Waals surface area contributed by atoms with Crippen LogP contribution in [0.3, 0.4) is 0 Å². The van der Waals surface area contributed by atoms with E-state index in [1.54, 1.807) is 0 Å². The number of nitrogens with zero attached hydrogens (tertiary/aromatic N) is 2. The number of hydrogen-bond acceptors (Lipinski definition) is 3. The van der Waals surface area contributed by atoms with Gasteiger partial charge in [-0.15, -0.1) is 11.3 Å². The number of aromatic nitrogens is 1. The molecule has 0 aliphatic rings. The van der Waals surface area contributed by atoms with Gasteiger partial charge in [0.2, 0.25) is 0 Å². The predicted molar refractivity (Wildman–Crippen MR) is 75.6 cm³/mol. The Morgan fingerprint density at radius 1 is 1.22 bits per heavy atom. The van der Waals surface area contributed by atoms with E-state index < -0.39 is 0 Å². The molecule has 0 bridgehead atoms. The zero-order valence-electron chi connectivity index (χ0n) is 10.7. The number of hydrogen-bond donors (Lipinski definition) is 0. The minimum atomic E-state index is 0.756. The molecule has 0 amide bonds. The first-order chi connectivity index (χ1) is 8.78. The van der Waals surface area contributed by atoms with Crippen LogP contribution in [-0.2, 0) is 12.8 Å². The number of rotatable bonds is 4. The Kier molecular flexibility index (Phi) is 4.11. The van der Waals surface area contributed by atoms with Gasteiger partial charge in [0.1, 0.15) is 16.0 Å². The van der Waals surface area contributed by atoms with E-state index in [9.17, 15) is 0 Å². The van der Waals surface area contributed by atoms with Crippen molar-refractivity contribution in [3.63, 3.8) is 0 Å². The molecule has 1 heterocycles. The van der Waals surface area contributed by atoms with Crippen molar-refractivity contribution in [1.29, 1.82) is 5.26 Å². The van der Waals surface area contributed by atoms with Gasteiger partial charge in [0.05, 0.1) is 5.69 Å². The SMILES string of the molecule is CCCc1nc(-c2ccc(CC)cc2)sc1C#N. The Balaban J connectivity index is 2.35. The van der Waals surface area contributed by atoms with Crippen LogP contribution in [0.15, 0.2) is 24.3 Å². The Labute approximate surface area is 112 Å². The fraction of sp³-hybridized carbons (Fsp3) is 0.333. The van der Waals surface area contributed by atoms with E-state index >= 15 is 0 Å². The van der Waals surface area contributed by atoms with Crippen LogP contribution in [0, 0.1) is 11.3 Å². The lowest BCUT2D eigenvalue weighted by Crippen LogP contribution is -1.86. The Morgan fingerprint density at radius 3 is 2.50 bits per heavy atom. The molecule has 92 valence electrons. The monoisotopic (exact) mass is 256 g/mol. The minimum absolute atomic E-state index is 0.756. The molecule has 0 unspecified atom stereocenters. The second-order valence-electron chi connectivity index (χ2n) is 4.21. The van der Waals surface area contributed by atoms with Crippen LogP contribution in [0.1, 0.15) is 36.4 Å². The Morgan fingerprint density at radius 2 is 1.94 bits per heavy atom. The third-order valence-corrected chi connectivity index (χ3v) is 3.95. The van der Waals surface area contributed by atoms with Crippen LogP contribution >= 0.6 is 11.3 Å². The average Bonchev–Trinajstić information content (AvgIpc) is 2.82. The minimum Gasteiger partial charge on any atom is -0.240 e. The zero-order chi connectivity index (χ0) is 13.0. The van der Waals surface area contributed by atoms with Crippen molar-refractivity contribution in [1.82, 2.24) is 4.98 Å². The van der Waals surface area contributed by atoms with Gasteiger partial charge < -0.3 is 0 Å². The van der Waals surface area contributed by atoms with Crippen molar-refractivity contribution in [3.05, 3.63) is 40.4 Å². The van der Waals surface area contributed by atoms with Crippen molar-refractivity contribution in [2.75, 3.05) is 0 Å². The highest BCUT2D eigenvalue weighted by Crippen LogP contribution is 2.28. The molecule has 0 fully saturated rings. The average molecular weight is 256 g/mol. The molecule has 0 saturated heterocycles. The third-order valence-electron chi connectivity index (χ3n) is 2.89. The molecule has 0 saturated carbocycles. The van der Waals surface area contributed by atoms with Gasteiger partial charge in [-0.2, -0.15) is 5.26 Å². The summed E-state index contributed by atoms with van der Waals surface area (Å²) in [7, 11) is 0. The van der Waals surface area contributed by atoms with Crippen LogP contribution in [0.4, 0.5) is 0 Å². The molecule has 3 heteroatoms. The second-order valence-corrected chi connectivity index (χ2v) is 5.21. The van der Waals surface area contributed by atoms with Gasteiger partial charge in [-0.25, -0.2) is 4.98 Å². The summed E-state index contributed by atoms with van der Waals surface area (Å²) in [5.74, 6) is 0. The first-order valence-electron chi connectivity index (χ1n) is 6.27. The maximum Gasteiger partial charge on any atom is 0.128 e. The van der Waals surface area contributed by atoms with Gasteiger partial charge in [0, 0.05) is 5.56 Å². The van der Waals surface area contributed by atoms with E-state index in [1.807, 2.05) is 0 Å². The van der Waals surface area contributed by atoms with Crippen LogP contribution in [0.5, 0.6) is 0 Å². The first-order valence-corrected chi connectivity index (χ1v) is 7.09. The third kappa shape index (κ3) is 2.60.